The zero-order chi connectivity index (χ0) is 25.1. The Morgan fingerprint density at radius 2 is 1.21 bits per heavy atom. The fraction of sp³-hybridized carbons (Fsp3) is 0.273. The molecule has 0 aliphatic carbocycles. The molecule has 0 aromatic heterocycles. The van der Waals surface area contributed by atoms with E-state index in [1.807, 2.05) is 0 Å². The largest absolute Gasteiger partial charge is 0.503 e. The summed E-state index contributed by atoms with van der Waals surface area (Å²) < 4.78 is 11.0. The number of hydrogen-bond acceptors (Lipinski definition) is 8. The number of phenols is 2. The lowest BCUT2D eigenvalue weighted by molar-refractivity contribution is -0.123. The highest BCUT2D eigenvalue weighted by atomic mass is 79.9. The van der Waals surface area contributed by atoms with Crippen LogP contribution in [0.2, 0.25) is 0 Å². The second kappa shape index (κ2) is 13.6. The smallest absolute Gasteiger partial charge is 0.240 e. The summed E-state index contributed by atoms with van der Waals surface area (Å²) in [5.41, 5.74) is 6.08. The van der Waals surface area contributed by atoms with Gasteiger partial charge in [0.2, 0.25) is 11.8 Å². The molecule has 0 heterocycles. The predicted octanol–water partition coefficient (Wildman–Crippen LogP) is 3.80. The first-order chi connectivity index (χ1) is 16.2. The number of rotatable bonds is 11. The Kier molecular flexibility index (Phi) is 10.8. The molecule has 10 nitrogen and oxygen atoms in total. The molecule has 12 heteroatoms. The average molecular weight is 600 g/mol. The second-order valence-corrected chi connectivity index (χ2v) is 8.61. The molecule has 0 unspecified atom stereocenters. The van der Waals surface area contributed by atoms with Gasteiger partial charge in [-0.15, -0.1) is 0 Å². The molecule has 0 fully saturated rings. The molecule has 0 aliphatic heterocycles. The molecule has 2 rings (SSSR count). The van der Waals surface area contributed by atoms with Gasteiger partial charge in [-0.2, -0.15) is 10.2 Å². The van der Waals surface area contributed by atoms with Gasteiger partial charge in [0.05, 0.1) is 35.6 Å². The van der Waals surface area contributed by atoms with Crippen LogP contribution in [0.15, 0.2) is 43.4 Å². The van der Waals surface area contributed by atoms with Gasteiger partial charge >= 0.3 is 0 Å². The van der Waals surface area contributed by atoms with Gasteiger partial charge in [-0.3, -0.25) is 9.59 Å². The normalized spacial score (nSPS) is 11.1. The summed E-state index contributed by atoms with van der Waals surface area (Å²) in [4.78, 5) is 23.8. The van der Waals surface area contributed by atoms with Gasteiger partial charge in [0.1, 0.15) is 0 Å². The van der Waals surface area contributed by atoms with Crippen LogP contribution >= 0.6 is 31.9 Å². The van der Waals surface area contributed by atoms with E-state index in [1.165, 1.54) is 26.6 Å². The fourth-order valence-electron chi connectivity index (χ4n) is 2.69. The Labute approximate surface area is 213 Å². The zero-order valence-corrected chi connectivity index (χ0v) is 21.6. The molecule has 34 heavy (non-hydrogen) atoms. The van der Waals surface area contributed by atoms with Gasteiger partial charge in [-0.25, -0.2) is 10.9 Å². The van der Waals surface area contributed by atoms with E-state index in [1.54, 1.807) is 24.3 Å². The number of hydrogen-bond donors (Lipinski definition) is 4. The molecule has 0 saturated heterocycles. The quantitative estimate of drug-likeness (QED) is 0.176. The highest BCUT2D eigenvalue weighted by Gasteiger charge is 2.09. The van der Waals surface area contributed by atoms with Crippen LogP contribution in [0.25, 0.3) is 0 Å². The topological polar surface area (TPSA) is 142 Å². The number of unbranched alkanes of at least 4 members (excludes halogenated alkanes) is 1. The number of nitrogens with zero attached hydrogens (tertiary/aromatic N) is 2. The van der Waals surface area contributed by atoms with Crippen LogP contribution in [0.5, 0.6) is 23.0 Å². The minimum atomic E-state index is -0.286. The van der Waals surface area contributed by atoms with Gasteiger partial charge in [0.15, 0.2) is 23.0 Å². The Bertz CT molecular complexity index is 1010. The minimum Gasteiger partial charge on any atom is -0.503 e. The Morgan fingerprint density at radius 1 is 0.824 bits per heavy atom. The van der Waals surface area contributed by atoms with Crippen LogP contribution in [-0.4, -0.2) is 48.7 Å². The summed E-state index contributed by atoms with van der Waals surface area (Å²) in [6.07, 6.45) is 4.27. The fourth-order valence-corrected chi connectivity index (χ4v) is 3.61. The van der Waals surface area contributed by atoms with Gasteiger partial charge in [-0.1, -0.05) is 0 Å². The number of hydrazone groups is 2. The number of nitrogens with one attached hydrogen (secondary N) is 2. The zero-order valence-electron chi connectivity index (χ0n) is 18.5. The van der Waals surface area contributed by atoms with Gasteiger partial charge in [0.25, 0.3) is 0 Å². The third-order valence-corrected chi connectivity index (χ3v) is 5.61. The summed E-state index contributed by atoms with van der Waals surface area (Å²) in [6.45, 7) is 0. The number of carbonyl (C=O) groups is 2. The number of ether oxygens (including phenoxy) is 2. The van der Waals surface area contributed by atoms with Crippen LogP contribution < -0.4 is 20.3 Å². The summed E-state index contributed by atoms with van der Waals surface area (Å²) in [5, 5.41) is 27.4. The van der Waals surface area contributed by atoms with Crippen molar-refractivity contribution in [1.82, 2.24) is 10.9 Å². The van der Waals surface area contributed by atoms with Crippen LogP contribution in [-0.2, 0) is 9.59 Å². The number of amides is 2. The van der Waals surface area contributed by atoms with E-state index in [-0.39, 0.29) is 47.7 Å². The van der Waals surface area contributed by atoms with E-state index >= 15 is 0 Å². The average Bonchev–Trinajstić information content (AvgIpc) is 2.81. The van der Waals surface area contributed by atoms with Gasteiger partial charge in [-0.05, 0) is 80.1 Å². The maximum Gasteiger partial charge on any atom is 0.240 e. The number of carbonyl (C=O) groups excluding carboxylic acids is 2. The van der Waals surface area contributed by atoms with E-state index in [0.717, 1.165) is 0 Å². The number of benzene rings is 2. The second-order valence-electron chi connectivity index (χ2n) is 6.90. The Balaban J connectivity index is 1.69. The highest BCUT2D eigenvalue weighted by molar-refractivity contribution is 9.10. The van der Waals surface area contributed by atoms with E-state index < -0.39 is 0 Å². The number of phenolic OH excluding ortho intramolecular Hbond substituents is 2. The van der Waals surface area contributed by atoms with Crippen molar-refractivity contribution >= 4 is 56.1 Å². The molecule has 0 spiro atoms. The lowest BCUT2D eigenvalue weighted by atomic mass is 10.2. The molecule has 182 valence electrons. The van der Waals surface area contributed by atoms with Crippen molar-refractivity contribution in [1.29, 1.82) is 0 Å². The molecule has 0 radical (unpaired) electrons. The van der Waals surface area contributed by atoms with E-state index in [9.17, 15) is 19.8 Å². The Hall–Kier alpha value is -3.12. The van der Waals surface area contributed by atoms with Gasteiger partial charge < -0.3 is 19.7 Å². The molecule has 0 aliphatic rings. The van der Waals surface area contributed by atoms with Crippen molar-refractivity contribution in [2.24, 2.45) is 10.2 Å². The first-order valence-electron chi connectivity index (χ1n) is 10.0. The maximum atomic E-state index is 11.9. The summed E-state index contributed by atoms with van der Waals surface area (Å²) in [6, 6.07) is 6.42. The summed E-state index contributed by atoms with van der Waals surface area (Å²) in [7, 11) is 2.87. The summed E-state index contributed by atoms with van der Waals surface area (Å²) in [5.74, 6) is -0.0577. The third kappa shape index (κ3) is 8.34. The molecule has 2 aromatic rings. The molecule has 0 bridgehead atoms. The van der Waals surface area contributed by atoms with Crippen molar-refractivity contribution in [3.8, 4) is 23.0 Å². The van der Waals surface area contributed by atoms with Crippen molar-refractivity contribution in [2.45, 2.75) is 25.7 Å². The highest BCUT2D eigenvalue weighted by Crippen LogP contribution is 2.35. The molecule has 2 amide bonds. The number of methoxy groups -OCH3 is 2. The van der Waals surface area contributed by atoms with E-state index in [4.69, 9.17) is 9.47 Å². The molecular weight excluding hydrogens is 576 g/mol. The standard InChI is InChI=1S/C22H24Br2N4O6/c1-33-17-9-13(7-15(23)21(17)31)11-25-27-19(29)5-3-4-6-20(30)28-26-12-14-8-16(24)22(32)18(10-14)34-2/h7-12,31-32H,3-6H2,1-2H3,(H,27,29)(H,28,30)/b25-11+,26-12+. The monoisotopic (exact) mass is 598 g/mol. The molecule has 2 aromatic carbocycles. The van der Waals surface area contributed by atoms with Crippen molar-refractivity contribution in [3.63, 3.8) is 0 Å². The van der Waals surface area contributed by atoms with Crippen molar-refractivity contribution in [2.75, 3.05) is 14.2 Å². The van der Waals surface area contributed by atoms with Crippen molar-refractivity contribution < 1.29 is 29.3 Å². The molecular formula is C22H24Br2N4O6. The predicted molar refractivity (Wildman–Crippen MR) is 135 cm³/mol. The van der Waals surface area contributed by atoms with Crippen LogP contribution in [0.1, 0.15) is 36.8 Å². The van der Waals surface area contributed by atoms with Crippen LogP contribution in [0, 0.1) is 0 Å². The maximum absolute atomic E-state index is 11.9. The lowest BCUT2D eigenvalue weighted by Crippen LogP contribution is -2.19. The lowest BCUT2D eigenvalue weighted by Gasteiger charge is -2.06. The third-order valence-electron chi connectivity index (χ3n) is 4.40. The molecule has 4 N–H and O–H groups in total. The number of halogens is 2. The minimum absolute atomic E-state index is 0.0212. The Morgan fingerprint density at radius 3 is 1.56 bits per heavy atom. The van der Waals surface area contributed by atoms with Gasteiger partial charge in [0, 0.05) is 12.8 Å². The van der Waals surface area contributed by atoms with Crippen LogP contribution in [0.4, 0.5) is 0 Å². The van der Waals surface area contributed by atoms with E-state index in [0.29, 0.717) is 32.9 Å². The molecule has 0 atom stereocenters. The van der Waals surface area contributed by atoms with E-state index in [2.05, 4.69) is 52.9 Å². The molecule has 0 saturated carbocycles. The first kappa shape index (κ1) is 27.1. The SMILES string of the molecule is COc1cc(/C=N/NC(=O)CCCCC(=O)N/N=C/c2cc(Br)c(O)c(OC)c2)cc(Br)c1O. The summed E-state index contributed by atoms with van der Waals surface area (Å²) >= 11 is 6.43. The van der Waals surface area contributed by atoms with Crippen molar-refractivity contribution in [3.05, 3.63) is 44.3 Å². The van der Waals surface area contributed by atoms with Crippen LogP contribution in [0.3, 0.4) is 0 Å². The number of aromatic hydroxyl groups is 2. The first-order valence-corrected chi connectivity index (χ1v) is 11.6.